The summed E-state index contributed by atoms with van der Waals surface area (Å²) in [6, 6.07) is 9.82. The van der Waals surface area contributed by atoms with E-state index >= 15 is 0 Å². The minimum atomic E-state index is -0.414. The van der Waals surface area contributed by atoms with Crippen LogP contribution in [0.1, 0.15) is 30.9 Å². The Hall–Kier alpha value is -0.940. The van der Waals surface area contributed by atoms with Crippen LogP contribution in [0.4, 0.5) is 0 Å². The minimum Gasteiger partial charge on any atom is -0.396 e. The molecule has 0 amide bonds. The van der Waals surface area contributed by atoms with Crippen LogP contribution in [0.5, 0.6) is 0 Å². The predicted molar refractivity (Wildman–Crippen MR) is 78.5 cm³/mol. The van der Waals surface area contributed by atoms with Crippen molar-refractivity contribution in [3.8, 4) is 0 Å². The highest BCUT2D eigenvalue weighted by molar-refractivity contribution is 5.17. The number of rotatable bonds is 7. The second-order valence-electron chi connectivity index (χ2n) is 5.37. The first kappa shape index (κ1) is 15.4. The van der Waals surface area contributed by atoms with Gasteiger partial charge in [-0.15, -0.1) is 0 Å². The third-order valence-corrected chi connectivity index (χ3v) is 3.81. The Labute approximate surface area is 121 Å². The van der Waals surface area contributed by atoms with E-state index in [4.69, 9.17) is 9.84 Å². The molecule has 4 heteroatoms. The Morgan fingerprint density at radius 3 is 2.55 bits per heavy atom. The van der Waals surface area contributed by atoms with Crippen molar-refractivity contribution < 1.29 is 14.9 Å². The van der Waals surface area contributed by atoms with Gasteiger partial charge in [0.15, 0.2) is 0 Å². The third kappa shape index (κ3) is 4.87. The number of nitrogens with zero attached hydrogens (tertiary/aromatic N) is 1. The molecule has 20 heavy (non-hydrogen) atoms. The summed E-state index contributed by atoms with van der Waals surface area (Å²) in [4.78, 5) is 2.30. The van der Waals surface area contributed by atoms with Crippen molar-refractivity contribution >= 4 is 0 Å². The van der Waals surface area contributed by atoms with E-state index < -0.39 is 6.10 Å². The normalized spacial score (nSPS) is 19.1. The van der Waals surface area contributed by atoms with E-state index in [0.717, 1.165) is 31.5 Å². The fraction of sp³-hybridized carbons (Fsp3) is 0.625. The number of aliphatic hydroxyl groups is 2. The standard InChI is InChI=1S/C16H25NO3/c18-11-4-12-20-15-7-9-17(10-8-15)13-16(19)14-5-2-1-3-6-14/h1-3,5-6,15-16,18-19H,4,7-13H2. The molecule has 1 heterocycles. The molecule has 4 nitrogen and oxygen atoms in total. The largest absolute Gasteiger partial charge is 0.396 e. The van der Waals surface area contributed by atoms with Gasteiger partial charge >= 0.3 is 0 Å². The zero-order valence-electron chi connectivity index (χ0n) is 11.9. The maximum absolute atomic E-state index is 10.2. The summed E-state index contributed by atoms with van der Waals surface area (Å²) in [5, 5.41) is 18.9. The molecule has 0 saturated carbocycles. The summed E-state index contributed by atoms with van der Waals surface area (Å²) in [5.74, 6) is 0. The van der Waals surface area contributed by atoms with Crippen LogP contribution in [0.2, 0.25) is 0 Å². The maximum Gasteiger partial charge on any atom is 0.0916 e. The van der Waals surface area contributed by atoms with E-state index in [1.54, 1.807) is 0 Å². The topological polar surface area (TPSA) is 52.9 Å². The Balaban J connectivity index is 1.69. The molecular weight excluding hydrogens is 254 g/mol. The summed E-state index contributed by atoms with van der Waals surface area (Å²) in [6.07, 6.45) is 2.63. The van der Waals surface area contributed by atoms with Crippen molar-refractivity contribution in [3.63, 3.8) is 0 Å². The highest BCUT2D eigenvalue weighted by Gasteiger charge is 2.21. The Bertz CT molecular complexity index is 363. The fourth-order valence-electron chi connectivity index (χ4n) is 2.60. The lowest BCUT2D eigenvalue weighted by Gasteiger charge is -2.33. The molecule has 0 aliphatic carbocycles. The zero-order chi connectivity index (χ0) is 14.2. The first-order chi connectivity index (χ1) is 9.79. The summed E-state index contributed by atoms with van der Waals surface area (Å²) in [5.41, 5.74) is 0.980. The minimum absolute atomic E-state index is 0.197. The van der Waals surface area contributed by atoms with Gasteiger partial charge in [0.2, 0.25) is 0 Å². The molecule has 1 atom stereocenters. The molecule has 1 aromatic rings. The molecule has 1 saturated heterocycles. The molecule has 1 aliphatic rings. The first-order valence-corrected chi connectivity index (χ1v) is 7.47. The molecule has 1 fully saturated rings. The van der Waals surface area contributed by atoms with Crippen LogP contribution in [-0.2, 0) is 4.74 Å². The van der Waals surface area contributed by atoms with Crippen molar-refractivity contribution in [2.75, 3.05) is 32.8 Å². The van der Waals surface area contributed by atoms with Crippen LogP contribution in [-0.4, -0.2) is 54.1 Å². The smallest absolute Gasteiger partial charge is 0.0916 e. The SMILES string of the molecule is OCCCOC1CCN(CC(O)c2ccccc2)CC1. The van der Waals surface area contributed by atoms with Gasteiger partial charge in [-0.2, -0.15) is 0 Å². The molecule has 2 rings (SSSR count). The molecule has 0 radical (unpaired) electrons. The number of piperidine rings is 1. The Morgan fingerprint density at radius 1 is 1.20 bits per heavy atom. The number of benzene rings is 1. The number of β-amino-alcohol motifs (C(OH)–C–C–N with tert-alkyl or cyclic N) is 1. The fourth-order valence-corrected chi connectivity index (χ4v) is 2.60. The molecule has 0 aromatic heterocycles. The van der Waals surface area contributed by atoms with E-state index in [1.807, 2.05) is 30.3 Å². The lowest BCUT2D eigenvalue weighted by Crippen LogP contribution is -2.39. The molecule has 1 aliphatic heterocycles. The van der Waals surface area contributed by atoms with E-state index in [-0.39, 0.29) is 6.61 Å². The molecule has 1 unspecified atom stereocenters. The lowest BCUT2D eigenvalue weighted by molar-refractivity contribution is -0.00650. The molecule has 1 aromatic carbocycles. The van der Waals surface area contributed by atoms with Gasteiger partial charge in [-0.05, 0) is 24.8 Å². The van der Waals surface area contributed by atoms with Crippen molar-refractivity contribution in [1.29, 1.82) is 0 Å². The van der Waals surface area contributed by atoms with Gasteiger partial charge < -0.3 is 19.8 Å². The van der Waals surface area contributed by atoms with Crippen LogP contribution < -0.4 is 0 Å². The van der Waals surface area contributed by atoms with Crippen LogP contribution in [0.15, 0.2) is 30.3 Å². The van der Waals surface area contributed by atoms with Gasteiger partial charge in [-0.1, -0.05) is 30.3 Å². The van der Waals surface area contributed by atoms with Gasteiger partial charge in [0.05, 0.1) is 12.2 Å². The molecule has 112 valence electrons. The summed E-state index contributed by atoms with van der Waals surface area (Å²) < 4.78 is 5.71. The highest BCUT2D eigenvalue weighted by Crippen LogP contribution is 2.18. The summed E-state index contributed by atoms with van der Waals surface area (Å²) in [6.45, 7) is 3.46. The van der Waals surface area contributed by atoms with Crippen LogP contribution >= 0.6 is 0 Å². The molecule has 0 bridgehead atoms. The monoisotopic (exact) mass is 279 g/mol. The quantitative estimate of drug-likeness (QED) is 0.744. The predicted octanol–water partition coefficient (Wildman–Crippen LogP) is 1.58. The number of aliphatic hydroxyl groups excluding tert-OH is 2. The molecular formula is C16H25NO3. The number of hydrogen-bond donors (Lipinski definition) is 2. The number of ether oxygens (including phenoxy) is 1. The second kappa shape index (κ2) is 8.37. The average molecular weight is 279 g/mol. The van der Waals surface area contributed by atoms with Gasteiger partial charge in [-0.3, -0.25) is 0 Å². The lowest BCUT2D eigenvalue weighted by atomic mass is 10.1. The Morgan fingerprint density at radius 2 is 1.90 bits per heavy atom. The third-order valence-electron chi connectivity index (χ3n) is 3.81. The van der Waals surface area contributed by atoms with Crippen molar-refractivity contribution in [2.24, 2.45) is 0 Å². The molecule has 2 N–H and O–H groups in total. The van der Waals surface area contributed by atoms with E-state index in [0.29, 0.717) is 25.7 Å². The van der Waals surface area contributed by atoms with Crippen LogP contribution in [0.25, 0.3) is 0 Å². The van der Waals surface area contributed by atoms with Crippen LogP contribution in [0.3, 0.4) is 0 Å². The van der Waals surface area contributed by atoms with Gasteiger partial charge in [0.1, 0.15) is 0 Å². The van der Waals surface area contributed by atoms with E-state index in [1.165, 1.54) is 0 Å². The zero-order valence-corrected chi connectivity index (χ0v) is 11.9. The van der Waals surface area contributed by atoms with Gasteiger partial charge in [-0.25, -0.2) is 0 Å². The average Bonchev–Trinajstić information content (AvgIpc) is 2.50. The Kier molecular flexibility index (Phi) is 6.47. The maximum atomic E-state index is 10.2. The summed E-state index contributed by atoms with van der Waals surface area (Å²) in [7, 11) is 0. The summed E-state index contributed by atoms with van der Waals surface area (Å²) >= 11 is 0. The number of hydrogen-bond acceptors (Lipinski definition) is 4. The van der Waals surface area contributed by atoms with Crippen LogP contribution in [0, 0.1) is 0 Å². The molecule has 0 spiro atoms. The van der Waals surface area contributed by atoms with Gasteiger partial charge in [0.25, 0.3) is 0 Å². The van der Waals surface area contributed by atoms with E-state index in [2.05, 4.69) is 4.90 Å². The van der Waals surface area contributed by atoms with Crippen molar-refractivity contribution in [3.05, 3.63) is 35.9 Å². The van der Waals surface area contributed by atoms with Gasteiger partial charge in [0, 0.05) is 32.8 Å². The van der Waals surface area contributed by atoms with E-state index in [9.17, 15) is 5.11 Å². The highest BCUT2D eigenvalue weighted by atomic mass is 16.5. The first-order valence-electron chi connectivity index (χ1n) is 7.47. The second-order valence-corrected chi connectivity index (χ2v) is 5.37. The number of likely N-dealkylation sites (tertiary alicyclic amines) is 1. The van der Waals surface area contributed by atoms with Crippen molar-refractivity contribution in [2.45, 2.75) is 31.5 Å². The van der Waals surface area contributed by atoms with Crippen molar-refractivity contribution in [1.82, 2.24) is 4.90 Å².